The summed E-state index contributed by atoms with van der Waals surface area (Å²) in [7, 11) is 1.55. The summed E-state index contributed by atoms with van der Waals surface area (Å²) < 4.78 is 6.87. The van der Waals surface area contributed by atoms with Crippen LogP contribution in [0.1, 0.15) is 25.7 Å². The maximum absolute atomic E-state index is 12.6. The van der Waals surface area contributed by atoms with Crippen molar-refractivity contribution in [2.45, 2.75) is 38.3 Å². The Balaban J connectivity index is 2.00. The largest absolute Gasteiger partial charge is 0.496 e. The molecule has 0 radical (unpaired) electrons. The molecule has 1 aromatic heterocycles. The minimum absolute atomic E-state index is 0.102. The number of benzene rings is 1. The molecule has 1 aromatic carbocycles. The number of ether oxygens (including phenoxy) is 1. The van der Waals surface area contributed by atoms with Crippen LogP contribution in [-0.2, 0) is 6.54 Å². The van der Waals surface area contributed by atoms with E-state index in [1.165, 1.54) is 0 Å². The van der Waals surface area contributed by atoms with Gasteiger partial charge in [0.25, 0.3) is 5.56 Å². The van der Waals surface area contributed by atoms with Crippen LogP contribution < -0.4 is 10.3 Å². The molecule has 3 rings (SSSR count). The van der Waals surface area contributed by atoms with Gasteiger partial charge < -0.3 is 9.84 Å². The van der Waals surface area contributed by atoms with Gasteiger partial charge in [-0.3, -0.25) is 9.36 Å². The first-order valence-corrected chi connectivity index (χ1v) is 7.41. The molecule has 5 heteroatoms. The first-order chi connectivity index (χ1) is 10.2. The molecule has 0 aliphatic heterocycles. The van der Waals surface area contributed by atoms with Gasteiger partial charge in [0.1, 0.15) is 11.1 Å². The predicted molar refractivity (Wildman–Crippen MR) is 80.5 cm³/mol. The average Bonchev–Trinajstić information content (AvgIpc) is 2.51. The predicted octanol–water partition coefficient (Wildman–Crippen LogP) is 1.96. The fourth-order valence-corrected chi connectivity index (χ4v) is 3.12. The van der Waals surface area contributed by atoms with Crippen molar-refractivity contribution in [3.8, 4) is 5.75 Å². The lowest BCUT2D eigenvalue weighted by Gasteiger charge is -2.27. The van der Waals surface area contributed by atoms with Crippen molar-refractivity contribution in [3.63, 3.8) is 0 Å². The SMILES string of the molecule is COc1cccc2ncn(C[C@@H]3CCCC[C@@H]3O)c(=O)c12. The number of hydrogen-bond acceptors (Lipinski definition) is 4. The summed E-state index contributed by atoms with van der Waals surface area (Å²) in [5, 5.41) is 10.6. The molecule has 2 aromatic rings. The Bertz CT molecular complexity index is 695. The molecule has 1 heterocycles. The highest BCUT2D eigenvalue weighted by molar-refractivity contribution is 5.83. The van der Waals surface area contributed by atoms with Crippen molar-refractivity contribution in [2.75, 3.05) is 7.11 Å². The highest BCUT2D eigenvalue weighted by Gasteiger charge is 2.24. The van der Waals surface area contributed by atoms with Gasteiger partial charge in [-0.25, -0.2) is 4.98 Å². The van der Waals surface area contributed by atoms with Gasteiger partial charge in [-0.2, -0.15) is 0 Å². The minimum Gasteiger partial charge on any atom is -0.496 e. The van der Waals surface area contributed by atoms with Crippen molar-refractivity contribution < 1.29 is 9.84 Å². The van der Waals surface area contributed by atoms with Crippen LogP contribution in [-0.4, -0.2) is 27.9 Å². The second kappa shape index (κ2) is 5.85. The molecule has 2 atom stereocenters. The molecule has 1 aliphatic carbocycles. The lowest BCUT2D eigenvalue weighted by atomic mass is 9.86. The van der Waals surface area contributed by atoms with Crippen LogP contribution in [0.3, 0.4) is 0 Å². The Morgan fingerprint density at radius 3 is 2.95 bits per heavy atom. The summed E-state index contributed by atoms with van der Waals surface area (Å²) >= 11 is 0. The van der Waals surface area contributed by atoms with Gasteiger partial charge in [-0.1, -0.05) is 18.9 Å². The molecule has 0 unspecified atom stereocenters. The van der Waals surface area contributed by atoms with Gasteiger partial charge in [0.2, 0.25) is 0 Å². The lowest BCUT2D eigenvalue weighted by Crippen LogP contribution is -2.32. The van der Waals surface area contributed by atoms with E-state index < -0.39 is 0 Å². The number of aromatic nitrogens is 2. The number of aliphatic hydroxyl groups excluding tert-OH is 1. The van der Waals surface area contributed by atoms with Gasteiger partial charge in [0.05, 0.1) is 25.1 Å². The van der Waals surface area contributed by atoms with Crippen LogP contribution >= 0.6 is 0 Å². The second-order valence-corrected chi connectivity index (χ2v) is 5.67. The van der Waals surface area contributed by atoms with Crippen LogP contribution in [0.2, 0.25) is 0 Å². The summed E-state index contributed by atoms with van der Waals surface area (Å²) in [6.07, 6.45) is 5.21. The highest BCUT2D eigenvalue weighted by atomic mass is 16.5. The Morgan fingerprint density at radius 2 is 2.19 bits per heavy atom. The monoisotopic (exact) mass is 288 g/mol. The van der Waals surface area contributed by atoms with Gasteiger partial charge in [0, 0.05) is 12.5 Å². The summed E-state index contributed by atoms with van der Waals surface area (Å²) in [6, 6.07) is 5.40. The van der Waals surface area contributed by atoms with Gasteiger partial charge in [0.15, 0.2) is 0 Å². The number of hydrogen-bond donors (Lipinski definition) is 1. The van der Waals surface area contributed by atoms with E-state index in [9.17, 15) is 9.90 Å². The summed E-state index contributed by atoms with van der Waals surface area (Å²) in [5.74, 6) is 0.675. The summed E-state index contributed by atoms with van der Waals surface area (Å²) in [6.45, 7) is 0.515. The number of rotatable bonds is 3. The summed E-state index contributed by atoms with van der Waals surface area (Å²) in [4.78, 5) is 17.0. The number of aliphatic hydroxyl groups is 1. The van der Waals surface area contributed by atoms with Gasteiger partial charge in [-0.05, 0) is 25.0 Å². The molecule has 1 N–H and O–H groups in total. The molecule has 0 amide bonds. The van der Waals surface area contributed by atoms with E-state index >= 15 is 0 Å². The molecular weight excluding hydrogens is 268 g/mol. The molecule has 1 saturated carbocycles. The van der Waals surface area contributed by atoms with E-state index in [-0.39, 0.29) is 17.6 Å². The maximum atomic E-state index is 12.6. The van der Waals surface area contributed by atoms with Crippen molar-refractivity contribution in [3.05, 3.63) is 34.9 Å². The first kappa shape index (κ1) is 14.1. The van der Waals surface area contributed by atoms with E-state index in [0.29, 0.717) is 23.2 Å². The van der Waals surface area contributed by atoms with E-state index in [1.807, 2.05) is 6.07 Å². The fraction of sp³-hybridized carbons (Fsp3) is 0.500. The van der Waals surface area contributed by atoms with Crippen molar-refractivity contribution in [2.24, 2.45) is 5.92 Å². The second-order valence-electron chi connectivity index (χ2n) is 5.67. The van der Waals surface area contributed by atoms with Crippen LogP contribution in [0.5, 0.6) is 5.75 Å². The molecule has 1 aliphatic rings. The molecule has 21 heavy (non-hydrogen) atoms. The van der Waals surface area contributed by atoms with Crippen LogP contribution in [0.4, 0.5) is 0 Å². The van der Waals surface area contributed by atoms with Crippen molar-refractivity contribution in [1.29, 1.82) is 0 Å². The third-order valence-electron chi connectivity index (χ3n) is 4.34. The number of methoxy groups -OCH3 is 1. The smallest absolute Gasteiger partial charge is 0.264 e. The van der Waals surface area contributed by atoms with Crippen molar-refractivity contribution in [1.82, 2.24) is 9.55 Å². The minimum atomic E-state index is -0.320. The van der Waals surface area contributed by atoms with E-state index in [1.54, 1.807) is 30.1 Å². The molecule has 5 nitrogen and oxygen atoms in total. The standard InChI is InChI=1S/C16H20N2O3/c1-21-14-8-4-6-12-15(14)16(20)18(10-17-12)9-11-5-2-3-7-13(11)19/h4,6,8,10-11,13,19H,2-3,5,7,9H2,1H3/t11-,13-/m0/s1. The molecule has 1 fully saturated rings. The Kier molecular flexibility index (Phi) is 3.92. The molecule has 0 bridgehead atoms. The molecule has 112 valence electrons. The summed E-state index contributed by atoms with van der Waals surface area (Å²) in [5.41, 5.74) is 0.537. The van der Waals surface area contributed by atoms with Crippen molar-refractivity contribution >= 4 is 10.9 Å². The van der Waals surface area contributed by atoms with E-state index in [2.05, 4.69) is 4.98 Å². The number of fused-ring (bicyclic) bond motifs is 1. The molecular formula is C16H20N2O3. The Labute approximate surface area is 123 Å². The number of nitrogens with zero attached hydrogens (tertiary/aromatic N) is 2. The third kappa shape index (κ3) is 2.65. The average molecular weight is 288 g/mol. The maximum Gasteiger partial charge on any atom is 0.264 e. The first-order valence-electron chi connectivity index (χ1n) is 7.41. The molecule has 0 saturated heterocycles. The van der Waals surface area contributed by atoms with E-state index in [0.717, 1.165) is 25.7 Å². The topological polar surface area (TPSA) is 64.3 Å². The Morgan fingerprint density at radius 1 is 1.38 bits per heavy atom. The van der Waals surface area contributed by atoms with E-state index in [4.69, 9.17) is 4.74 Å². The fourth-order valence-electron chi connectivity index (χ4n) is 3.12. The zero-order valence-corrected chi connectivity index (χ0v) is 12.2. The Hall–Kier alpha value is -1.88. The zero-order chi connectivity index (χ0) is 14.8. The van der Waals surface area contributed by atoms with Crippen LogP contribution in [0, 0.1) is 5.92 Å². The van der Waals surface area contributed by atoms with Gasteiger partial charge in [-0.15, -0.1) is 0 Å². The normalized spacial score (nSPS) is 22.4. The quantitative estimate of drug-likeness (QED) is 0.937. The van der Waals surface area contributed by atoms with Crippen LogP contribution in [0.15, 0.2) is 29.3 Å². The molecule has 0 spiro atoms. The lowest BCUT2D eigenvalue weighted by molar-refractivity contribution is 0.0600. The third-order valence-corrected chi connectivity index (χ3v) is 4.34. The zero-order valence-electron chi connectivity index (χ0n) is 12.2. The highest BCUT2D eigenvalue weighted by Crippen LogP contribution is 2.26. The van der Waals surface area contributed by atoms with Gasteiger partial charge >= 0.3 is 0 Å². The van der Waals surface area contributed by atoms with Crippen LogP contribution in [0.25, 0.3) is 10.9 Å².